The van der Waals surface area contributed by atoms with Crippen LogP contribution in [0.1, 0.15) is 37.0 Å². The highest BCUT2D eigenvalue weighted by Crippen LogP contribution is 2.31. The quantitative estimate of drug-likeness (QED) is 0.565. The molecule has 0 atom stereocenters. The van der Waals surface area contributed by atoms with Crippen molar-refractivity contribution in [1.29, 1.82) is 0 Å². The molecule has 1 aliphatic heterocycles. The number of likely N-dealkylation sites (tertiary alicyclic amines) is 1. The van der Waals surface area contributed by atoms with Gasteiger partial charge in [-0.2, -0.15) is 4.98 Å². The van der Waals surface area contributed by atoms with Crippen LogP contribution in [0.15, 0.2) is 47.4 Å². The van der Waals surface area contributed by atoms with E-state index in [0.717, 1.165) is 4.70 Å². The van der Waals surface area contributed by atoms with Crippen molar-refractivity contribution in [3.8, 4) is 5.19 Å². The van der Waals surface area contributed by atoms with Gasteiger partial charge in [0, 0.05) is 31.5 Å². The maximum atomic E-state index is 13.8. The van der Waals surface area contributed by atoms with Gasteiger partial charge in [-0.1, -0.05) is 23.5 Å². The second kappa shape index (κ2) is 8.55. The third-order valence-corrected chi connectivity index (χ3v) is 8.44. The van der Waals surface area contributed by atoms with E-state index in [4.69, 9.17) is 4.74 Å². The largest absolute Gasteiger partial charge is 0.467 e. The molecule has 0 aliphatic carbocycles. The highest BCUT2D eigenvalue weighted by molar-refractivity contribution is 7.92. The number of aromatic nitrogens is 1. The van der Waals surface area contributed by atoms with E-state index in [1.165, 1.54) is 29.5 Å². The zero-order chi connectivity index (χ0) is 22.2. The minimum absolute atomic E-state index is 0.111. The Kier molecular flexibility index (Phi) is 5.98. The normalized spacial score (nSPS) is 15.5. The van der Waals surface area contributed by atoms with Gasteiger partial charge in [-0.05, 0) is 44.2 Å². The predicted octanol–water partition coefficient (Wildman–Crippen LogP) is 4.30. The van der Waals surface area contributed by atoms with Crippen molar-refractivity contribution >= 4 is 37.3 Å². The van der Waals surface area contributed by atoms with E-state index in [2.05, 4.69) is 4.98 Å². The highest BCUT2D eigenvalue weighted by Gasteiger charge is 2.27. The van der Waals surface area contributed by atoms with Gasteiger partial charge >= 0.3 is 0 Å². The number of halogens is 1. The summed E-state index contributed by atoms with van der Waals surface area (Å²) in [6.45, 7) is 4.22. The zero-order valence-electron chi connectivity index (χ0n) is 17.2. The second-order valence-corrected chi connectivity index (χ2v) is 11.3. The average molecular weight is 463 g/mol. The van der Waals surface area contributed by atoms with Crippen LogP contribution in [-0.4, -0.2) is 48.7 Å². The van der Waals surface area contributed by atoms with Gasteiger partial charge in [0.05, 0.1) is 14.8 Å². The van der Waals surface area contributed by atoms with Crippen LogP contribution in [-0.2, 0) is 9.84 Å². The lowest BCUT2D eigenvalue weighted by Gasteiger charge is -2.31. The molecular weight excluding hydrogens is 439 g/mol. The molecule has 31 heavy (non-hydrogen) atoms. The lowest BCUT2D eigenvalue weighted by molar-refractivity contribution is 0.0595. The average Bonchev–Trinajstić information content (AvgIpc) is 3.17. The molecule has 1 aliphatic rings. The van der Waals surface area contributed by atoms with Crippen molar-refractivity contribution in [3.05, 3.63) is 53.8 Å². The first-order valence-corrected chi connectivity index (χ1v) is 12.5. The summed E-state index contributed by atoms with van der Waals surface area (Å²) in [5, 5.41) is -0.127. The molecule has 0 unspecified atom stereocenters. The van der Waals surface area contributed by atoms with Gasteiger partial charge in [0.15, 0.2) is 9.84 Å². The van der Waals surface area contributed by atoms with Crippen LogP contribution in [0.4, 0.5) is 4.39 Å². The van der Waals surface area contributed by atoms with Crippen molar-refractivity contribution in [3.63, 3.8) is 0 Å². The maximum Gasteiger partial charge on any atom is 0.274 e. The number of hydrogen-bond acceptors (Lipinski definition) is 6. The highest BCUT2D eigenvalue weighted by atomic mass is 32.2. The summed E-state index contributed by atoms with van der Waals surface area (Å²) in [6, 6.07) is 11.0. The van der Waals surface area contributed by atoms with E-state index in [9.17, 15) is 17.6 Å². The summed E-state index contributed by atoms with van der Waals surface area (Å²) in [5.74, 6) is -0.563. The summed E-state index contributed by atoms with van der Waals surface area (Å²) in [4.78, 5) is 19.0. The molecule has 1 amide bonds. The Labute approximate surface area is 184 Å². The summed E-state index contributed by atoms with van der Waals surface area (Å²) in [5.41, 5.74) is 0.675. The molecule has 2 aromatic carbocycles. The summed E-state index contributed by atoms with van der Waals surface area (Å²) in [7, 11) is -3.44. The van der Waals surface area contributed by atoms with E-state index in [-0.39, 0.29) is 22.7 Å². The molecule has 4 rings (SSSR count). The fraction of sp³-hybridized carbons (Fsp3) is 0.364. The Morgan fingerprint density at radius 3 is 2.58 bits per heavy atom. The van der Waals surface area contributed by atoms with Crippen LogP contribution in [0.3, 0.4) is 0 Å². The smallest absolute Gasteiger partial charge is 0.274 e. The van der Waals surface area contributed by atoms with Crippen LogP contribution in [0, 0.1) is 5.82 Å². The number of carbonyl (C=O) groups excluding carboxylic acids is 1. The molecule has 3 aromatic rings. The number of benzene rings is 2. The minimum atomic E-state index is -3.44. The number of hydrogen-bond donors (Lipinski definition) is 0. The first-order chi connectivity index (χ1) is 14.8. The first-order valence-electron chi connectivity index (χ1n) is 10.1. The van der Waals surface area contributed by atoms with Crippen LogP contribution in [0.25, 0.3) is 10.2 Å². The van der Waals surface area contributed by atoms with Crippen LogP contribution in [0.2, 0.25) is 0 Å². The van der Waals surface area contributed by atoms with Gasteiger partial charge in [0.2, 0.25) is 0 Å². The molecule has 2 heterocycles. The summed E-state index contributed by atoms with van der Waals surface area (Å²) in [6.07, 6.45) is 1.13. The fourth-order valence-electron chi connectivity index (χ4n) is 3.53. The van der Waals surface area contributed by atoms with E-state index >= 15 is 0 Å². The summed E-state index contributed by atoms with van der Waals surface area (Å²) >= 11 is 1.30. The molecule has 9 heteroatoms. The monoisotopic (exact) mass is 462 g/mol. The van der Waals surface area contributed by atoms with Crippen molar-refractivity contribution in [1.82, 2.24) is 9.88 Å². The number of carbonyl (C=O) groups is 1. The number of para-hydroxylation sites is 1. The van der Waals surface area contributed by atoms with Gasteiger partial charge < -0.3 is 9.64 Å². The standard InChI is InChI=1S/C22H23FN2O4S2/c1-14(2)31(27,28)17-6-3-5-15(13-17)21(26)25-11-9-16(10-12-25)29-22-24-20-18(23)7-4-8-19(20)30-22/h3-8,13-14,16H,9-12H2,1-2H3. The van der Waals surface area contributed by atoms with Crippen molar-refractivity contribution in [2.24, 2.45) is 0 Å². The number of sulfone groups is 1. The molecule has 0 bridgehead atoms. The van der Waals surface area contributed by atoms with Gasteiger partial charge in [0.1, 0.15) is 17.4 Å². The molecule has 0 radical (unpaired) electrons. The maximum absolute atomic E-state index is 13.8. The zero-order valence-corrected chi connectivity index (χ0v) is 18.9. The number of fused-ring (bicyclic) bond motifs is 1. The lowest BCUT2D eigenvalue weighted by Crippen LogP contribution is -2.41. The molecule has 1 saturated heterocycles. The molecule has 0 saturated carbocycles. The second-order valence-electron chi connectivity index (χ2n) is 7.80. The number of thiazole rings is 1. The molecule has 164 valence electrons. The van der Waals surface area contributed by atoms with E-state index in [1.54, 1.807) is 43.0 Å². The van der Waals surface area contributed by atoms with Crippen LogP contribution < -0.4 is 4.74 Å². The van der Waals surface area contributed by atoms with E-state index < -0.39 is 15.1 Å². The number of ether oxygens (including phenoxy) is 1. The minimum Gasteiger partial charge on any atom is -0.467 e. The SMILES string of the molecule is CC(C)S(=O)(=O)c1cccc(C(=O)N2CCC(Oc3nc4c(F)cccc4s3)CC2)c1. The number of nitrogens with zero attached hydrogens (tertiary/aromatic N) is 2. The third kappa shape index (κ3) is 4.43. The van der Waals surface area contributed by atoms with Crippen molar-refractivity contribution in [2.75, 3.05) is 13.1 Å². The van der Waals surface area contributed by atoms with E-state index in [0.29, 0.717) is 42.2 Å². The third-order valence-electron chi connectivity index (χ3n) is 5.38. The number of amides is 1. The molecule has 1 aromatic heterocycles. The molecular formula is C22H23FN2O4S2. The van der Waals surface area contributed by atoms with Gasteiger partial charge in [-0.25, -0.2) is 12.8 Å². The molecule has 6 nitrogen and oxygen atoms in total. The Hall–Kier alpha value is -2.52. The first kappa shape index (κ1) is 21.7. The van der Waals surface area contributed by atoms with Crippen LogP contribution in [0.5, 0.6) is 5.19 Å². The van der Waals surface area contributed by atoms with E-state index in [1.807, 2.05) is 0 Å². The number of piperidine rings is 1. The lowest BCUT2D eigenvalue weighted by atomic mass is 10.1. The molecule has 0 spiro atoms. The van der Waals surface area contributed by atoms with Crippen molar-refractivity contribution in [2.45, 2.75) is 42.9 Å². The topological polar surface area (TPSA) is 76.6 Å². The number of rotatable bonds is 5. The molecule has 1 fully saturated rings. The fourth-order valence-corrected chi connectivity index (χ4v) is 5.52. The van der Waals surface area contributed by atoms with Gasteiger partial charge in [-0.3, -0.25) is 4.79 Å². The Morgan fingerprint density at radius 1 is 1.19 bits per heavy atom. The van der Waals surface area contributed by atoms with Gasteiger partial charge in [-0.15, -0.1) is 0 Å². The van der Waals surface area contributed by atoms with Crippen LogP contribution >= 0.6 is 11.3 Å². The van der Waals surface area contributed by atoms with Gasteiger partial charge in [0.25, 0.3) is 11.1 Å². The predicted molar refractivity (Wildman–Crippen MR) is 118 cm³/mol. The summed E-state index contributed by atoms with van der Waals surface area (Å²) < 4.78 is 45.3. The Balaban J connectivity index is 1.40. The van der Waals surface area contributed by atoms with Crippen molar-refractivity contribution < 1.29 is 22.3 Å². The molecule has 0 N–H and O–H groups in total. The Bertz CT molecular complexity index is 1220. The Morgan fingerprint density at radius 2 is 1.90 bits per heavy atom.